The number of aryl methyl sites for hydroxylation is 2. The quantitative estimate of drug-likeness (QED) is 0.0123. The van der Waals surface area contributed by atoms with Gasteiger partial charge in [0.2, 0.25) is 0 Å². The van der Waals surface area contributed by atoms with Crippen LogP contribution in [-0.2, 0) is 31.9 Å². The monoisotopic (exact) mass is 1850 g/mol. The summed E-state index contributed by atoms with van der Waals surface area (Å²) in [5, 5.41) is 0. The molecule has 738 valence electrons. The van der Waals surface area contributed by atoms with Crippen LogP contribution in [0.15, 0.2) is 121 Å². The average Bonchev–Trinajstić information content (AvgIpc) is 1.61. The Bertz CT molecular complexity index is 4290. The number of hydrogen-bond acceptors (Lipinski definition) is 8. The number of esters is 2. The van der Waals surface area contributed by atoms with Crippen LogP contribution >= 0.6 is 0 Å². The summed E-state index contributed by atoms with van der Waals surface area (Å²) >= 11 is 0. The molecule has 8 nitrogen and oxygen atoms in total. The zero-order valence-electron chi connectivity index (χ0n) is 84.0. The Morgan fingerprint density at radius 1 is 0.244 bits per heavy atom. The molecule has 2 bridgehead atoms. The molecule has 2 unspecified atom stereocenters. The van der Waals surface area contributed by atoms with Crippen LogP contribution in [0.25, 0.3) is 0 Å². The highest BCUT2D eigenvalue weighted by molar-refractivity contribution is 5.84. The molecule has 0 saturated heterocycles. The zero-order valence-corrected chi connectivity index (χ0v) is 84.0. The smallest absolute Gasteiger partial charge is 0.310 e. The molecule has 0 amide bonds. The van der Waals surface area contributed by atoms with Crippen LogP contribution in [0.3, 0.4) is 0 Å². The first-order chi connectivity index (χ1) is 66.4. The molecule has 2 aliphatic rings. The van der Waals surface area contributed by atoms with E-state index in [2.05, 4.69) is 99.3 Å². The molecule has 0 spiro atoms. The Labute approximate surface area is 815 Å². The van der Waals surface area contributed by atoms with Gasteiger partial charge < -0.3 is 28.4 Å². The van der Waals surface area contributed by atoms with Crippen LogP contribution in [0.4, 0.5) is 17.6 Å². The third-order valence-electron chi connectivity index (χ3n) is 27.0. The van der Waals surface area contributed by atoms with E-state index < -0.39 is 35.1 Å². The molecule has 4 atom stereocenters. The Morgan fingerprint density at radius 3 is 0.681 bits per heavy atom. The number of fused-ring (bicyclic) bond motifs is 2. The summed E-state index contributed by atoms with van der Waals surface area (Å²) < 4.78 is 96.7. The van der Waals surface area contributed by atoms with Crippen molar-refractivity contribution in [3.63, 3.8) is 0 Å². The fraction of sp³-hybridized carbons (Fsp3) is 0.610. The molecule has 6 aromatic rings. The number of allylic oxidation sites excluding steroid dienone is 2. The van der Waals surface area contributed by atoms with Gasteiger partial charge in [-0.2, -0.15) is 0 Å². The van der Waals surface area contributed by atoms with Gasteiger partial charge in [-0.25, -0.2) is 17.6 Å². The average molecular weight is 1850 g/mol. The number of unbranched alkanes of at least 4 members (excludes halogenated alkanes) is 52. The van der Waals surface area contributed by atoms with E-state index in [-0.39, 0.29) is 46.8 Å². The minimum Gasteiger partial charge on any atom is -0.491 e. The molecule has 2 aliphatic carbocycles. The van der Waals surface area contributed by atoms with Gasteiger partial charge in [-0.3, -0.25) is 9.59 Å². The lowest BCUT2D eigenvalue weighted by Gasteiger charge is -2.25. The van der Waals surface area contributed by atoms with Crippen molar-refractivity contribution in [3.8, 4) is 70.4 Å². The predicted octanol–water partition coefficient (Wildman–Crippen LogP) is 34.4. The lowest BCUT2D eigenvalue weighted by Crippen LogP contribution is -2.35. The fourth-order valence-corrected chi connectivity index (χ4v) is 18.8. The van der Waals surface area contributed by atoms with E-state index in [1.165, 1.54) is 230 Å². The molecule has 0 aromatic heterocycles. The van der Waals surface area contributed by atoms with E-state index in [9.17, 15) is 9.59 Å². The van der Waals surface area contributed by atoms with Gasteiger partial charge in [0.1, 0.15) is 0 Å². The molecule has 0 radical (unpaired) electrons. The minimum atomic E-state index is -0.494. The molecule has 8 rings (SSSR count). The highest BCUT2D eigenvalue weighted by Gasteiger charge is 2.53. The molecular weight excluding hydrogens is 1680 g/mol. The van der Waals surface area contributed by atoms with Gasteiger partial charge in [0.25, 0.3) is 0 Å². The second kappa shape index (κ2) is 71.6. The van der Waals surface area contributed by atoms with Gasteiger partial charge in [0.05, 0.1) is 51.5 Å². The molecular formula is C123H170F4O8. The predicted molar refractivity (Wildman–Crippen MR) is 552 cm³/mol. The Kier molecular flexibility index (Phi) is 59.1. The first kappa shape index (κ1) is 111. The van der Waals surface area contributed by atoms with Crippen LogP contribution in [0.5, 0.6) is 23.0 Å². The van der Waals surface area contributed by atoms with Gasteiger partial charge in [0.15, 0.2) is 46.3 Å². The van der Waals surface area contributed by atoms with Crippen molar-refractivity contribution in [3.05, 3.63) is 200 Å². The summed E-state index contributed by atoms with van der Waals surface area (Å²) in [4.78, 5) is 27.4. The van der Waals surface area contributed by atoms with E-state index in [0.29, 0.717) is 61.9 Å². The standard InChI is InChI=1S/C123H170F4O8/c1-5-9-13-17-21-25-33-41-49-57-87-130-116-83-73-102(95-112(116)124)67-65-100-69-77-106(79-71-104-75-85-118(114(126)97-104)132-89-59-51-43-35-27-23-19-15-11-7-3)108(93-100)63-55-47-39-31-29-37-45-53-61-91-134-122(128)120-110-81-82-111(99-110)121(120)123(129)135-92-62-54-46-38-30-32-40-48-56-64-109-94-101(66-68-103-74-84-117(113(125)96-103)131-88-58-50-42-34-26-22-18-14-10-6-2)70-78-107(109)80-72-105-76-86-119(115(127)98-105)133-90-60-52-44-36-28-24-20-16-12-8-4/h69-70,73-78,81-86,93-98,110-111,120-121H,5-64,87-92,99H2,1-4H3/t110?,111?,120-,121-/m1/s1. The van der Waals surface area contributed by atoms with E-state index in [4.69, 9.17) is 28.4 Å². The Balaban J connectivity index is 0.709. The van der Waals surface area contributed by atoms with Crippen molar-refractivity contribution in [1.29, 1.82) is 0 Å². The summed E-state index contributed by atoms with van der Waals surface area (Å²) in [5.74, 6) is 24.0. The molecule has 0 heterocycles. The minimum absolute atomic E-state index is 0.00667. The van der Waals surface area contributed by atoms with Gasteiger partial charge in [-0.1, -0.05) is 408 Å². The summed E-state index contributed by atoms with van der Waals surface area (Å²) in [5.41, 5.74) is 7.87. The Morgan fingerprint density at radius 2 is 0.444 bits per heavy atom. The van der Waals surface area contributed by atoms with Gasteiger partial charge >= 0.3 is 11.9 Å². The number of benzene rings is 6. The number of halogens is 4. The summed E-state index contributed by atoms with van der Waals surface area (Å²) in [6, 6.07) is 32.0. The summed E-state index contributed by atoms with van der Waals surface area (Å²) in [6.45, 7) is 11.7. The van der Waals surface area contributed by atoms with Crippen LogP contribution in [0.2, 0.25) is 0 Å². The molecule has 0 aliphatic heterocycles. The van der Waals surface area contributed by atoms with E-state index in [0.717, 1.165) is 220 Å². The van der Waals surface area contributed by atoms with E-state index >= 15 is 17.6 Å². The maximum atomic E-state index is 15.4. The van der Waals surface area contributed by atoms with E-state index in [1.807, 2.05) is 48.5 Å². The summed E-state index contributed by atoms with van der Waals surface area (Å²) in [7, 11) is 0. The van der Waals surface area contributed by atoms with Crippen molar-refractivity contribution in [2.45, 2.75) is 419 Å². The second-order valence-electron chi connectivity index (χ2n) is 38.6. The highest BCUT2D eigenvalue weighted by Crippen LogP contribution is 2.49. The van der Waals surface area contributed by atoms with Crippen molar-refractivity contribution >= 4 is 11.9 Å². The van der Waals surface area contributed by atoms with Crippen molar-refractivity contribution < 1.29 is 55.6 Å². The molecule has 6 aromatic carbocycles. The second-order valence-corrected chi connectivity index (χ2v) is 38.6. The number of carbonyl (C=O) groups excluding carboxylic acids is 2. The number of ether oxygens (including phenoxy) is 6. The lowest BCUT2D eigenvalue weighted by molar-refractivity contribution is -0.161. The van der Waals surface area contributed by atoms with Gasteiger partial charge in [-0.15, -0.1) is 0 Å². The summed E-state index contributed by atoms with van der Waals surface area (Å²) in [6.07, 6.45) is 74.5. The normalized spacial score (nSPS) is 14.0. The van der Waals surface area contributed by atoms with Crippen LogP contribution in [0, 0.1) is 94.3 Å². The number of carbonyl (C=O) groups is 2. The molecule has 1 fully saturated rings. The van der Waals surface area contributed by atoms with Crippen molar-refractivity contribution in [2.24, 2.45) is 23.7 Å². The van der Waals surface area contributed by atoms with Crippen molar-refractivity contribution in [1.82, 2.24) is 0 Å². The topological polar surface area (TPSA) is 89.5 Å². The van der Waals surface area contributed by atoms with Crippen LogP contribution in [-0.4, -0.2) is 51.6 Å². The number of hydrogen-bond donors (Lipinski definition) is 0. The maximum absolute atomic E-state index is 15.4. The molecule has 0 N–H and O–H groups in total. The van der Waals surface area contributed by atoms with Gasteiger partial charge in [-0.05, 0) is 203 Å². The third kappa shape index (κ3) is 47.4. The molecule has 135 heavy (non-hydrogen) atoms. The Hall–Kier alpha value is -8.84. The first-order valence-electron chi connectivity index (χ1n) is 54.5. The highest BCUT2D eigenvalue weighted by atomic mass is 19.1. The van der Waals surface area contributed by atoms with Crippen molar-refractivity contribution in [2.75, 3.05) is 39.6 Å². The molecule has 12 heteroatoms. The number of rotatable bonds is 74. The largest absolute Gasteiger partial charge is 0.491 e. The SMILES string of the molecule is CCCCCCCCCCCCOc1ccc(C#Cc2ccc(C#Cc3ccc(OCCCCCCCCCCCC)c(F)c3)c(CCCCCCCCCCCOC(=O)[C@@H]3C4C=CC(C4)[C@H]3C(=O)OCCCCCCCCCCCc3cc(C#Cc4ccc(OCCCCCCCCCCCC)c(F)c4)ccc3C#Cc3ccc(OCCCCCCCCCCCC)c(F)c3)c2)cc1F. The molecule has 1 saturated carbocycles. The maximum Gasteiger partial charge on any atom is 0.310 e. The van der Waals surface area contributed by atoms with Crippen LogP contribution in [0.1, 0.15) is 462 Å². The van der Waals surface area contributed by atoms with E-state index in [1.54, 1.807) is 24.3 Å². The van der Waals surface area contributed by atoms with Gasteiger partial charge in [0, 0.05) is 44.5 Å². The fourth-order valence-electron chi connectivity index (χ4n) is 18.8. The third-order valence-corrected chi connectivity index (χ3v) is 27.0. The lowest BCUT2D eigenvalue weighted by atomic mass is 9.83. The first-order valence-corrected chi connectivity index (χ1v) is 54.5. The zero-order chi connectivity index (χ0) is 95.3. The van der Waals surface area contributed by atoms with Crippen LogP contribution < -0.4 is 18.9 Å².